The van der Waals surface area contributed by atoms with E-state index in [-0.39, 0.29) is 0 Å². The maximum absolute atomic E-state index is 2.53. The molecule has 64 heavy (non-hydrogen) atoms. The van der Waals surface area contributed by atoms with Gasteiger partial charge in [0.2, 0.25) is 0 Å². The van der Waals surface area contributed by atoms with E-state index in [1.807, 2.05) is 0 Å². The summed E-state index contributed by atoms with van der Waals surface area (Å²) in [7, 11) is 0. The number of nitrogens with zero attached hydrogens (tertiary/aromatic N) is 2. The van der Waals surface area contributed by atoms with Gasteiger partial charge in [0.25, 0.3) is 0 Å². The molecule has 0 saturated heterocycles. The topological polar surface area (TPSA) is 8.17 Å². The molecule has 1 fully saturated rings. The van der Waals surface area contributed by atoms with Gasteiger partial charge in [-0.15, -0.1) is 0 Å². The van der Waals surface area contributed by atoms with E-state index >= 15 is 0 Å². The molecule has 1 heterocycles. The molecule has 1 aliphatic rings. The van der Waals surface area contributed by atoms with Crippen molar-refractivity contribution in [3.05, 3.63) is 230 Å². The van der Waals surface area contributed by atoms with Gasteiger partial charge in [-0.1, -0.05) is 189 Å². The van der Waals surface area contributed by atoms with E-state index in [1.165, 1.54) is 114 Å². The largest absolute Gasteiger partial charge is 0.309 e. The highest BCUT2D eigenvalue weighted by molar-refractivity contribution is 6.11. The van der Waals surface area contributed by atoms with Crippen molar-refractivity contribution in [3.63, 3.8) is 0 Å². The number of para-hydroxylation sites is 4. The predicted octanol–water partition coefficient (Wildman–Crippen LogP) is 17.6. The summed E-state index contributed by atoms with van der Waals surface area (Å²) in [6.07, 6.45) is 6.45. The number of hydrogen-bond donors (Lipinski definition) is 0. The zero-order valence-corrected chi connectivity index (χ0v) is 35.9. The number of anilines is 3. The number of aromatic nitrogens is 1. The Bertz CT molecular complexity index is 3490. The van der Waals surface area contributed by atoms with Crippen molar-refractivity contribution in [1.82, 2.24) is 4.57 Å². The number of benzene rings is 10. The molecule has 0 unspecified atom stereocenters. The van der Waals surface area contributed by atoms with Crippen LogP contribution in [0.3, 0.4) is 0 Å². The quantitative estimate of drug-likeness (QED) is 0.148. The van der Waals surface area contributed by atoms with Gasteiger partial charge in [-0.25, -0.2) is 0 Å². The number of fused-ring (bicyclic) bond motifs is 5. The van der Waals surface area contributed by atoms with Crippen LogP contribution in [0, 0.1) is 0 Å². The number of hydrogen-bond acceptors (Lipinski definition) is 1. The highest BCUT2D eigenvalue weighted by Gasteiger charge is 2.25. The summed E-state index contributed by atoms with van der Waals surface area (Å²) < 4.78 is 2.40. The summed E-state index contributed by atoms with van der Waals surface area (Å²) in [6, 6.07) is 83.1. The molecule has 0 spiro atoms. The minimum atomic E-state index is 0.572. The molecule has 0 aliphatic heterocycles. The van der Waals surface area contributed by atoms with Gasteiger partial charge in [0.05, 0.1) is 22.4 Å². The minimum Gasteiger partial charge on any atom is -0.309 e. The van der Waals surface area contributed by atoms with Gasteiger partial charge in [-0.3, -0.25) is 0 Å². The summed E-state index contributed by atoms with van der Waals surface area (Å²) in [5.74, 6) is 0.572. The normalized spacial score (nSPS) is 13.2. The molecular formula is C62H48N2. The van der Waals surface area contributed by atoms with Crippen molar-refractivity contribution in [1.29, 1.82) is 0 Å². The molecule has 1 aromatic heterocycles. The fourth-order valence-electron chi connectivity index (χ4n) is 10.9. The molecule has 306 valence electrons. The maximum Gasteiger partial charge on any atom is 0.0541 e. The molecule has 10 aromatic carbocycles. The molecule has 0 atom stereocenters. The molecule has 0 N–H and O–H groups in total. The lowest BCUT2D eigenvalue weighted by Gasteiger charge is -2.31. The Balaban J connectivity index is 1.10. The van der Waals surface area contributed by atoms with E-state index in [4.69, 9.17) is 0 Å². The van der Waals surface area contributed by atoms with Crippen molar-refractivity contribution in [3.8, 4) is 39.1 Å². The molecule has 0 amide bonds. The molecular weight excluding hydrogens is 773 g/mol. The minimum absolute atomic E-state index is 0.572. The third-order valence-electron chi connectivity index (χ3n) is 13.8. The summed E-state index contributed by atoms with van der Waals surface area (Å²) in [4.78, 5) is 2.53. The van der Waals surface area contributed by atoms with Gasteiger partial charge < -0.3 is 9.47 Å². The van der Waals surface area contributed by atoms with Crippen LogP contribution >= 0.6 is 0 Å². The molecule has 2 nitrogen and oxygen atoms in total. The highest BCUT2D eigenvalue weighted by atomic mass is 15.1. The Morgan fingerprint density at radius 3 is 1.81 bits per heavy atom. The Labute approximate surface area is 375 Å². The average Bonchev–Trinajstić information content (AvgIpc) is 3.70. The lowest BCUT2D eigenvalue weighted by Crippen LogP contribution is -2.13. The Hall–Kier alpha value is -7.68. The maximum atomic E-state index is 2.53. The van der Waals surface area contributed by atoms with Crippen LogP contribution in [0.2, 0.25) is 0 Å². The van der Waals surface area contributed by atoms with E-state index in [0.29, 0.717) is 5.92 Å². The lowest BCUT2D eigenvalue weighted by atomic mass is 9.80. The van der Waals surface area contributed by atoms with E-state index < -0.39 is 0 Å². The van der Waals surface area contributed by atoms with Crippen molar-refractivity contribution >= 4 is 60.4 Å². The monoisotopic (exact) mass is 820 g/mol. The molecule has 2 heteroatoms. The molecule has 1 saturated carbocycles. The fourth-order valence-corrected chi connectivity index (χ4v) is 10.9. The molecule has 1 aliphatic carbocycles. The molecule has 0 radical (unpaired) electrons. The summed E-state index contributed by atoms with van der Waals surface area (Å²) >= 11 is 0. The first-order valence-electron chi connectivity index (χ1n) is 23.0. The zero-order valence-electron chi connectivity index (χ0n) is 35.9. The summed E-state index contributed by atoms with van der Waals surface area (Å²) in [5, 5.41) is 7.68. The van der Waals surface area contributed by atoms with Crippen molar-refractivity contribution < 1.29 is 0 Å². The van der Waals surface area contributed by atoms with Crippen molar-refractivity contribution in [2.75, 3.05) is 4.90 Å². The van der Waals surface area contributed by atoms with E-state index in [0.717, 1.165) is 22.7 Å². The fraction of sp³-hybridized carbons (Fsp3) is 0.0968. The van der Waals surface area contributed by atoms with Crippen LogP contribution in [0.1, 0.15) is 43.6 Å². The van der Waals surface area contributed by atoms with Gasteiger partial charge in [-0.2, -0.15) is 0 Å². The van der Waals surface area contributed by atoms with Crippen LogP contribution in [-0.2, 0) is 0 Å². The van der Waals surface area contributed by atoms with Crippen LogP contribution < -0.4 is 4.90 Å². The Morgan fingerprint density at radius 1 is 0.375 bits per heavy atom. The lowest BCUT2D eigenvalue weighted by molar-refractivity contribution is 0.445. The average molecular weight is 821 g/mol. The van der Waals surface area contributed by atoms with Gasteiger partial charge in [-0.05, 0) is 123 Å². The standard InChI is InChI=1S/C62H48N2/c1-3-19-44(20-4-1)53-34-17-23-45-24-18-35-56(62(45)53)54-31-10-13-37-59(54)64(49-28-15-25-46(41-49)51-33-16-22-43-21-7-8-29-50(43)51)58-36-12-9-30-52(58)47-39-40-61-57(42-47)55-32-11-14-38-60(55)63(61)48-26-5-2-6-27-48/h2,5-18,21-42,44H,1,3-4,19-20H2. The second-order valence-electron chi connectivity index (χ2n) is 17.5. The zero-order chi connectivity index (χ0) is 42.4. The predicted molar refractivity (Wildman–Crippen MR) is 273 cm³/mol. The van der Waals surface area contributed by atoms with Gasteiger partial charge in [0.1, 0.15) is 0 Å². The Morgan fingerprint density at radius 2 is 0.969 bits per heavy atom. The Kier molecular flexibility index (Phi) is 9.64. The van der Waals surface area contributed by atoms with Crippen molar-refractivity contribution in [2.45, 2.75) is 38.0 Å². The van der Waals surface area contributed by atoms with E-state index in [9.17, 15) is 0 Å². The van der Waals surface area contributed by atoms with Crippen LogP contribution in [0.5, 0.6) is 0 Å². The van der Waals surface area contributed by atoms with Crippen LogP contribution in [-0.4, -0.2) is 4.57 Å². The van der Waals surface area contributed by atoms with E-state index in [2.05, 4.69) is 234 Å². The van der Waals surface area contributed by atoms with E-state index in [1.54, 1.807) is 0 Å². The van der Waals surface area contributed by atoms with Crippen LogP contribution in [0.4, 0.5) is 17.1 Å². The first-order valence-corrected chi connectivity index (χ1v) is 23.0. The number of rotatable bonds is 8. The SMILES string of the molecule is c1ccc(-n2c3ccccc3c3cc(-c4ccccc4N(c4cccc(-c5cccc6ccccc56)c4)c4ccccc4-c4cccc5cccc(C6CCCCC6)c45)ccc32)cc1. The van der Waals surface area contributed by atoms with Gasteiger partial charge in [0.15, 0.2) is 0 Å². The van der Waals surface area contributed by atoms with Crippen molar-refractivity contribution in [2.24, 2.45) is 0 Å². The highest BCUT2D eigenvalue weighted by Crippen LogP contribution is 2.49. The first-order chi connectivity index (χ1) is 31.8. The molecule has 12 rings (SSSR count). The van der Waals surface area contributed by atoms with Gasteiger partial charge in [0, 0.05) is 33.3 Å². The van der Waals surface area contributed by atoms with Crippen LogP contribution in [0.15, 0.2) is 224 Å². The van der Waals surface area contributed by atoms with Gasteiger partial charge >= 0.3 is 0 Å². The molecule has 0 bridgehead atoms. The second-order valence-corrected chi connectivity index (χ2v) is 17.5. The second kappa shape index (κ2) is 16.2. The summed E-state index contributed by atoms with van der Waals surface area (Å²) in [6.45, 7) is 0. The summed E-state index contributed by atoms with van der Waals surface area (Å²) in [5.41, 5.74) is 15.7. The third kappa shape index (κ3) is 6.57. The third-order valence-corrected chi connectivity index (χ3v) is 13.8. The van der Waals surface area contributed by atoms with Crippen LogP contribution in [0.25, 0.3) is 82.4 Å². The smallest absolute Gasteiger partial charge is 0.0541 e. The first kappa shape index (κ1) is 38.0. The molecule has 11 aromatic rings.